The van der Waals surface area contributed by atoms with E-state index in [0.717, 1.165) is 58.3 Å². The number of hydrogen-bond donors (Lipinski definition) is 3. The van der Waals surface area contributed by atoms with E-state index in [1.54, 1.807) is 7.05 Å². The summed E-state index contributed by atoms with van der Waals surface area (Å²) in [6.45, 7) is 11.5. The molecular weight excluding hydrogens is 268 g/mol. The molecule has 6 heteroatoms. The van der Waals surface area contributed by atoms with Gasteiger partial charge in [-0.3, -0.25) is 4.99 Å². The second-order valence-electron chi connectivity index (χ2n) is 6.31. The van der Waals surface area contributed by atoms with Crippen molar-refractivity contribution in [1.82, 2.24) is 16.0 Å². The molecule has 0 aromatic rings. The fraction of sp³-hybridized carbons (Fsp3) is 0.933. The molecule has 124 valence electrons. The number of aliphatic imine (C=N–C) groups is 1. The molecule has 6 nitrogen and oxygen atoms in total. The van der Waals surface area contributed by atoms with Crippen LogP contribution in [0.2, 0.25) is 0 Å². The molecule has 0 aliphatic carbocycles. The Morgan fingerprint density at radius 1 is 1.24 bits per heavy atom. The minimum atomic E-state index is 0.153. The Morgan fingerprint density at radius 3 is 2.62 bits per heavy atom. The molecule has 1 aliphatic rings. The first kappa shape index (κ1) is 18.2. The Hall–Kier alpha value is -0.850. The van der Waals surface area contributed by atoms with Gasteiger partial charge in [0.1, 0.15) is 0 Å². The summed E-state index contributed by atoms with van der Waals surface area (Å²) in [6.07, 6.45) is 2.29. The van der Waals surface area contributed by atoms with Crippen LogP contribution in [0.5, 0.6) is 0 Å². The molecule has 0 saturated carbocycles. The van der Waals surface area contributed by atoms with Crippen LogP contribution in [-0.4, -0.2) is 64.1 Å². The molecule has 0 spiro atoms. The van der Waals surface area contributed by atoms with E-state index in [1.165, 1.54) is 0 Å². The molecule has 0 amide bonds. The number of hydrogen-bond acceptors (Lipinski definition) is 4. The van der Waals surface area contributed by atoms with E-state index < -0.39 is 0 Å². The van der Waals surface area contributed by atoms with E-state index in [1.807, 2.05) is 0 Å². The largest absolute Gasteiger partial charge is 0.379 e. The number of nitrogens with one attached hydrogen (secondary N) is 3. The van der Waals surface area contributed by atoms with Crippen molar-refractivity contribution >= 4 is 5.96 Å². The summed E-state index contributed by atoms with van der Waals surface area (Å²) < 4.78 is 11.0. The van der Waals surface area contributed by atoms with Gasteiger partial charge in [-0.15, -0.1) is 0 Å². The lowest BCUT2D eigenvalue weighted by atomic mass is 10.1. The first-order chi connectivity index (χ1) is 10.0. The number of ether oxygens (including phenoxy) is 2. The predicted octanol–water partition coefficient (Wildman–Crippen LogP) is 0.735. The highest BCUT2D eigenvalue weighted by Gasteiger charge is 2.15. The molecule has 1 fully saturated rings. The van der Waals surface area contributed by atoms with Gasteiger partial charge in [-0.1, -0.05) is 0 Å². The van der Waals surface area contributed by atoms with Gasteiger partial charge in [-0.05, 0) is 33.6 Å². The van der Waals surface area contributed by atoms with Crippen molar-refractivity contribution in [2.24, 2.45) is 4.99 Å². The summed E-state index contributed by atoms with van der Waals surface area (Å²) in [4.78, 5) is 4.20. The normalized spacial score (nSPS) is 19.8. The topological polar surface area (TPSA) is 66.9 Å². The van der Waals surface area contributed by atoms with E-state index in [2.05, 4.69) is 41.7 Å². The molecule has 0 aromatic heterocycles. The molecule has 1 rings (SSSR count). The number of guanidine groups is 1. The first-order valence-electron chi connectivity index (χ1n) is 7.90. The molecule has 1 aliphatic heterocycles. The summed E-state index contributed by atoms with van der Waals surface area (Å²) in [6, 6.07) is 0. The van der Waals surface area contributed by atoms with Crippen molar-refractivity contribution in [3.05, 3.63) is 0 Å². The lowest BCUT2D eigenvalue weighted by Crippen LogP contribution is -2.44. The molecular formula is C15H32N4O2. The Labute approximate surface area is 129 Å². The van der Waals surface area contributed by atoms with Crippen LogP contribution in [0.3, 0.4) is 0 Å². The maximum atomic E-state index is 5.72. The lowest BCUT2D eigenvalue weighted by molar-refractivity contribution is 0.0420. The van der Waals surface area contributed by atoms with Crippen LogP contribution in [0, 0.1) is 0 Å². The smallest absolute Gasteiger partial charge is 0.191 e. The van der Waals surface area contributed by atoms with Crippen LogP contribution < -0.4 is 16.0 Å². The van der Waals surface area contributed by atoms with Crippen molar-refractivity contribution in [1.29, 1.82) is 0 Å². The molecule has 1 heterocycles. The summed E-state index contributed by atoms with van der Waals surface area (Å²) in [5, 5.41) is 10.0. The van der Waals surface area contributed by atoms with Crippen molar-refractivity contribution in [3.63, 3.8) is 0 Å². The SMILES string of the molecule is CN=C(NCCCOC1CCOC1)NCCNC(C)(C)C. The predicted molar refractivity (Wildman–Crippen MR) is 86.9 cm³/mol. The fourth-order valence-electron chi connectivity index (χ4n) is 2.01. The van der Waals surface area contributed by atoms with E-state index >= 15 is 0 Å². The maximum Gasteiger partial charge on any atom is 0.191 e. The Bertz CT molecular complexity index is 297. The highest BCUT2D eigenvalue weighted by molar-refractivity contribution is 5.79. The molecule has 1 saturated heterocycles. The minimum Gasteiger partial charge on any atom is -0.379 e. The van der Waals surface area contributed by atoms with Crippen LogP contribution in [-0.2, 0) is 9.47 Å². The Kier molecular flexibility index (Phi) is 8.64. The zero-order chi connectivity index (χ0) is 15.6. The van der Waals surface area contributed by atoms with E-state index in [9.17, 15) is 0 Å². The van der Waals surface area contributed by atoms with Crippen LogP contribution in [0.1, 0.15) is 33.6 Å². The van der Waals surface area contributed by atoms with E-state index in [4.69, 9.17) is 9.47 Å². The molecule has 0 radical (unpaired) electrons. The van der Waals surface area contributed by atoms with Crippen molar-refractivity contribution < 1.29 is 9.47 Å². The average Bonchev–Trinajstić information content (AvgIpc) is 2.92. The zero-order valence-corrected chi connectivity index (χ0v) is 14.0. The lowest BCUT2D eigenvalue weighted by Gasteiger charge is -2.21. The monoisotopic (exact) mass is 300 g/mol. The summed E-state index contributed by atoms with van der Waals surface area (Å²) >= 11 is 0. The average molecular weight is 300 g/mol. The quantitative estimate of drug-likeness (QED) is 0.350. The molecule has 1 atom stereocenters. The van der Waals surface area contributed by atoms with Crippen molar-refractivity contribution in [2.45, 2.75) is 45.3 Å². The second kappa shape index (κ2) is 9.97. The van der Waals surface area contributed by atoms with Gasteiger partial charge in [0.25, 0.3) is 0 Å². The van der Waals surface area contributed by atoms with Crippen molar-refractivity contribution in [2.75, 3.05) is 46.5 Å². The maximum absolute atomic E-state index is 5.72. The molecule has 1 unspecified atom stereocenters. The highest BCUT2D eigenvalue weighted by Crippen LogP contribution is 2.07. The summed E-state index contributed by atoms with van der Waals surface area (Å²) in [5.74, 6) is 0.843. The zero-order valence-electron chi connectivity index (χ0n) is 14.0. The van der Waals surface area contributed by atoms with Crippen molar-refractivity contribution in [3.8, 4) is 0 Å². The van der Waals surface area contributed by atoms with Crippen LogP contribution in [0.15, 0.2) is 4.99 Å². The third-order valence-corrected chi connectivity index (χ3v) is 3.15. The van der Waals surface area contributed by atoms with E-state index in [0.29, 0.717) is 6.10 Å². The highest BCUT2D eigenvalue weighted by atomic mass is 16.5. The molecule has 3 N–H and O–H groups in total. The Balaban J connectivity index is 1.98. The van der Waals surface area contributed by atoms with Gasteiger partial charge in [0.15, 0.2) is 5.96 Å². The Morgan fingerprint density at radius 2 is 2.00 bits per heavy atom. The van der Waals surface area contributed by atoms with Gasteiger partial charge < -0.3 is 25.4 Å². The second-order valence-corrected chi connectivity index (χ2v) is 6.31. The van der Waals surface area contributed by atoms with Gasteiger partial charge in [-0.2, -0.15) is 0 Å². The van der Waals surface area contributed by atoms with Crippen LogP contribution in [0.25, 0.3) is 0 Å². The third-order valence-electron chi connectivity index (χ3n) is 3.15. The van der Waals surface area contributed by atoms with Gasteiger partial charge in [0.05, 0.1) is 12.7 Å². The molecule has 0 aromatic carbocycles. The first-order valence-corrected chi connectivity index (χ1v) is 7.90. The molecule has 0 bridgehead atoms. The third kappa shape index (κ3) is 9.66. The fourth-order valence-corrected chi connectivity index (χ4v) is 2.01. The van der Waals surface area contributed by atoms with Gasteiger partial charge in [0, 0.05) is 45.4 Å². The number of nitrogens with zero attached hydrogens (tertiary/aromatic N) is 1. The standard InChI is InChI=1S/C15H32N4O2/c1-15(2,3)19-9-8-18-14(16-4)17-7-5-10-21-13-6-11-20-12-13/h13,19H,5-12H2,1-4H3,(H2,16,17,18). The van der Waals surface area contributed by atoms with Crippen LogP contribution >= 0.6 is 0 Å². The van der Waals surface area contributed by atoms with Gasteiger partial charge in [-0.25, -0.2) is 0 Å². The van der Waals surface area contributed by atoms with E-state index in [-0.39, 0.29) is 5.54 Å². The number of rotatable bonds is 8. The minimum absolute atomic E-state index is 0.153. The molecule has 21 heavy (non-hydrogen) atoms. The summed E-state index contributed by atoms with van der Waals surface area (Å²) in [7, 11) is 1.79. The van der Waals surface area contributed by atoms with Gasteiger partial charge in [0.2, 0.25) is 0 Å². The van der Waals surface area contributed by atoms with Gasteiger partial charge >= 0.3 is 0 Å². The van der Waals surface area contributed by atoms with Crippen LogP contribution in [0.4, 0.5) is 0 Å². The summed E-state index contributed by atoms with van der Waals surface area (Å²) in [5.41, 5.74) is 0.153.